The van der Waals surface area contributed by atoms with Crippen LogP contribution in [0, 0.1) is 0 Å². The quantitative estimate of drug-likeness (QED) is 0.575. The zero-order valence-electron chi connectivity index (χ0n) is 5.20. The lowest BCUT2D eigenvalue weighted by Gasteiger charge is -1.86. The first-order valence-corrected chi connectivity index (χ1v) is 3.96. The van der Waals surface area contributed by atoms with Gasteiger partial charge in [-0.05, 0) is 19.7 Å². The highest BCUT2D eigenvalue weighted by Gasteiger charge is 1.64. The van der Waals surface area contributed by atoms with Gasteiger partial charge in [0.05, 0.1) is 0 Å². The Balaban J connectivity index is 0. The molecule has 0 aromatic carbocycles. The van der Waals surface area contributed by atoms with Gasteiger partial charge in [0.15, 0.2) is 0 Å². The van der Waals surface area contributed by atoms with Crippen LogP contribution in [0.15, 0.2) is 0 Å². The Morgan fingerprint density at radius 3 is 1.43 bits per heavy atom. The molecule has 46 valence electrons. The van der Waals surface area contributed by atoms with E-state index < -0.39 is 0 Å². The fourth-order valence-corrected chi connectivity index (χ4v) is 0.204. The first-order valence-electron chi connectivity index (χ1n) is 2.37. The molecule has 0 aromatic rings. The average Bonchev–Trinajstić information content (AvgIpc) is 1.75. The summed E-state index contributed by atoms with van der Waals surface area (Å²) in [6, 6.07) is 0. The van der Waals surface area contributed by atoms with Crippen molar-refractivity contribution >= 4 is 15.9 Å². The normalized spacial score (nSPS) is 6.86. The number of alkyl halides is 1. The summed E-state index contributed by atoms with van der Waals surface area (Å²) >= 11 is 2.94. The molecule has 0 bridgehead atoms. The van der Waals surface area contributed by atoms with Crippen LogP contribution in [-0.4, -0.2) is 19.0 Å². The topological polar surface area (TPSA) is 9.23 Å². The SMILES string of the molecule is CBr.CCOCC. The minimum absolute atomic E-state index is 0.844. The van der Waals surface area contributed by atoms with E-state index >= 15 is 0 Å². The summed E-state index contributed by atoms with van der Waals surface area (Å²) in [6.45, 7) is 5.67. The van der Waals surface area contributed by atoms with Gasteiger partial charge in [-0.15, -0.1) is 0 Å². The van der Waals surface area contributed by atoms with E-state index in [0.717, 1.165) is 13.2 Å². The van der Waals surface area contributed by atoms with Gasteiger partial charge in [-0.1, -0.05) is 15.9 Å². The molecule has 0 aliphatic carbocycles. The Morgan fingerprint density at radius 1 is 1.14 bits per heavy atom. The van der Waals surface area contributed by atoms with Gasteiger partial charge in [0.25, 0.3) is 0 Å². The summed E-state index contributed by atoms with van der Waals surface area (Å²) < 4.78 is 4.83. The third-order valence-corrected chi connectivity index (χ3v) is 0.408. The summed E-state index contributed by atoms with van der Waals surface area (Å²) in [5, 5.41) is 0. The molecule has 0 amide bonds. The largest absolute Gasteiger partial charge is 0.382 e. The summed E-state index contributed by atoms with van der Waals surface area (Å²) in [4.78, 5) is 0. The second-order valence-corrected chi connectivity index (χ2v) is 0.781. The van der Waals surface area contributed by atoms with Crippen LogP contribution >= 0.6 is 15.9 Å². The Labute approximate surface area is 54.2 Å². The highest BCUT2D eigenvalue weighted by Crippen LogP contribution is 1.64. The van der Waals surface area contributed by atoms with Gasteiger partial charge in [-0.3, -0.25) is 0 Å². The zero-order valence-corrected chi connectivity index (χ0v) is 6.79. The molecule has 0 saturated carbocycles. The van der Waals surface area contributed by atoms with Gasteiger partial charge in [-0.2, -0.15) is 0 Å². The van der Waals surface area contributed by atoms with Crippen molar-refractivity contribution in [2.45, 2.75) is 13.8 Å². The van der Waals surface area contributed by atoms with E-state index in [2.05, 4.69) is 15.9 Å². The molecule has 0 N–H and O–H groups in total. The molecule has 0 rings (SSSR count). The number of hydrogen-bond acceptors (Lipinski definition) is 1. The summed E-state index contributed by atoms with van der Waals surface area (Å²) in [6.07, 6.45) is 0. The monoisotopic (exact) mass is 168 g/mol. The standard InChI is InChI=1S/C4H10O.CH3Br/c1-3-5-4-2;1-2/h3-4H2,1-2H3;1H3. The molecule has 1 nitrogen and oxygen atoms in total. The molecule has 0 heterocycles. The fraction of sp³-hybridized carbons (Fsp3) is 1.00. The molecular weight excluding hydrogens is 156 g/mol. The van der Waals surface area contributed by atoms with Crippen LogP contribution in [0.25, 0.3) is 0 Å². The van der Waals surface area contributed by atoms with Crippen molar-refractivity contribution in [3.8, 4) is 0 Å². The second kappa shape index (κ2) is 16.1. The van der Waals surface area contributed by atoms with Crippen LogP contribution in [-0.2, 0) is 4.74 Å². The lowest BCUT2D eigenvalue weighted by Crippen LogP contribution is -1.84. The first-order chi connectivity index (χ1) is 3.41. The highest BCUT2D eigenvalue weighted by molar-refractivity contribution is 9.08. The van der Waals surface area contributed by atoms with Crippen LogP contribution in [0.2, 0.25) is 0 Å². The van der Waals surface area contributed by atoms with E-state index in [1.54, 1.807) is 0 Å². The molecule has 0 aliphatic rings. The van der Waals surface area contributed by atoms with Crippen LogP contribution in [0.1, 0.15) is 13.8 Å². The van der Waals surface area contributed by atoms with Crippen molar-refractivity contribution in [2.75, 3.05) is 19.0 Å². The maximum absolute atomic E-state index is 4.83. The minimum atomic E-state index is 0.844. The molecule has 0 saturated heterocycles. The molecule has 0 unspecified atom stereocenters. The van der Waals surface area contributed by atoms with Crippen LogP contribution < -0.4 is 0 Å². The van der Waals surface area contributed by atoms with Crippen molar-refractivity contribution in [3.63, 3.8) is 0 Å². The lowest BCUT2D eigenvalue weighted by atomic mass is 10.8. The molecular formula is C5H13BrO. The van der Waals surface area contributed by atoms with Gasteiger partial charge in [-0.25, -0.2) is 0 Å². The molecule has 0 aliphatic heterocycles. The molecule has 2 heteroatoms. The van der Waals surface area contributed by atoms with E-state index in [1.165, 1.54) is 0 Å². The smallest absolute Gasteiger partial charge is 0.0437 e. The van der Waals surface area contributed by atoms with Crippen molar-refractivity contribution < 1.29 is 4.74 Å². The Morgan fingerprint density at radius 2 is 1.43 bits per heavy atom. The first kappa shape index (κ1) is 10.4. The minimum Gasteiger partial charge on any atom is -0.382 e. The summed E-state index contributed by atoms with van der Waals surface area (Å²) in [5.41, 5.74) is 0. The van der Waals surface area contributed by atoms with E-state index in [4.69, 9.17) is 4.74 Å². The van der Waals surface area contributed by atoms with Crippen molar-refractivity contribution in [1.82, 2.24) is 0 Å². The Kier molecular flexibility index (Phi) is 24.0. The molecule has 0 atom stereocenters. The van der Waals surface area contributed by atoms with E-state index in [0.29, 0.717) is 0 Å². The predicted octanol–water partition coefficient (Wildman–Crippen LogP) is 2.05. The number of hydrogen-bond donors (Lipinski definition) is 0. The highest BCUT2D eigenvalue weighted by atomic mass is 79.9. The van der Waals surface area contributed by atoms with Crippen LogP contribution in [0.3, 0.4) is 0 Å². The van der Waals surface area contributed by atoms with E-state index in [-0.39, 0.29) is 0 Å². The molecule has 0 spiro atoms. The molecule has 0 fully saturated rings. The van der Waals surface area contributed by atoms with Gasteiger partial charge in [0.1, 0.15) is 0 Å². The maximum Gasteiger partial charge on any atom is 0.0437 e. The predicted molar refractivity (Wildman–Crippen MR) is 37.0 cm³/mol. The number of halogens is 1. The third kappa shape index (κ3) is 21.3. The van der Waals surface area contributed by atoms with Gasteiger partial charge >= 0.3 is 0 Å². The maximum atomic E-state index is 4.83. The van der Waals surface area contributed by atoms with Crippen LogP contribution in [0.5, 0.6) is 0 Å². The fourth-order valence-electron chi connectivity index (χ4n) is 0.204. The van der Waals surface area contributed by atoms with E-state index in [9.17, 15) is 0 Å². The average molecular weight is 169 g/mol. The molecule has 7 heavy (non-hydrogen) atoms. The summed E-state index contributed by atoms with van der Waals surface area (Å²) in [7, 11) is 0. The van der Waals surface area contributed by atoms with Crippen molar-refractivity contribution in [3.05, 3.63) is 0 Å². The zero-order chi connectivity index (χ0) is 6.12. The second-order valence-electron chi connectivity index (χ2n) is 0.781. The van der Waals surface area contributed by atoms with Gasteiger partial charge in [0.2, 0.25) is 0 Å². The summed E-state index contributed by atoms with van der Waals surface area (Å²) in [5.74, 6) is 1.81. The van der Waals surface area contributed by atoms with Gasteiger partial charge in [0, 0.05) is 13.2 Å². The van der Waals surface area contributed by atoms with Crippen molar-refractivity contribution in [2.24, 2.45) is 0 Å². The van der Waals surface area contributed by atoms with Gasteiger partial charge < -0.3 is 4.74 Å². The lowest BCUT2D eigenvalue weighted by molar-refractivity contribution is 0.162. The number of ether oxygens (including phenoxy) is 1. The van der Waals surface area contributed by atoms with Crippen LogP contribution in [0.4, 0.5) is 0 Å². The Bertz CT molecular complexity index is 15.6. The third-order valence-electron chi connectivity index (χ3n) is 0.408. The van der Waals surface area contributed by atoms with E-state index in [1.807, 2.05) is 19.7 Å². The molecule has 0 aromatic heterocycles. The molecule has 0 radical (unpaired) electrons. The van der Waals surface area contributed by atoms with Crippen molar-refractivity contribution in [1.29, 1.82) is 0 Å². The number of rotatable bonds is 2. The Hall–Kier alpha value is 0.440.